The van der Waals surface area contributed by atoms with Gasteiger partial charge in [-0.15, -0.1) is 0 Å². The van der Waals surface area contributed by atoms with Gasteiger partial charge >= 0.3 is 11.4 Å². The Morgan fingerprint density at radius 1 is 0.469 bits per heavy atom. The van der Waals surface area contributed by atoms with Crippen LogP contribution in [-0.2, 0) is 0 Å². The van der Waals surface area contributed by atoms with Crippen LogP contribution in [-0.4, -0.2) is 19.7 Å². The molecule has 0 bridgehead atoms. The van der Waals surface area contributed by atoms with Gasteiger partial charge in [-0.3, -0.25) is 40.5 Å². The molecule has 4 aromatic carbocycles. The standard InChI is InChI=1S/2C10H6N2O4/c13-11(14)8-5-1-3-7-4-2-6-9(10(7)8)12(15)16;13-11(14)9-6-5-7-3-1-2-4-8(7)10(9)12(15)16/h2*1-6H. The summed E-state index contributed by atoms with van der Waals surface area (Å²) >= 11 is 0. The van der Waals surface area contributed by atoms with Gasteiger partial charge in [0.05, 0.1) is 25.1 Å². The third-order valence-corrected chi connectivity index (χ3v) is 4.51. The summed E-state index contributed by atoms with van der Waals surface area (Å²) in [7, 11) is 0. The smallest absolute Gasteiger partial charge is 0.258 e. The van der Waals surface area contributed by atoms with Crippen LogP contribution < -0.4 is 0 Å². The maximum atomic E-state index is 10.8. The van der Waals surface area contributed by atoms with Gasteiger partial charge in [0, 0.05) is 18.2 Å². The Bertz CT molecular complexity index is 1350. The van der Waals surface area contributed by atoms with Crippen molar-refractivity contribution in [3.05, 3.63) is 113 Å². The second-order valence-electron chi connectivity index (χ2n) is 6.34. The molecule has 0 aliphatic rings. The largest absolute Gasteiger partial charge is 0.353 e. The number of nitro benzene ring substituents is 4. The highest BCUT2D eigenvalue weighted by Crippen LogP contribution is 2.35. The van der Waals surface area contributed by atoms with E-state index in [4.69, 9.17) is 0 Å². The molecule has 4 aromatic rings. The van der Waals surface area contributed by atoms with E-state index < -0.39 is 31.1 Å². The molecule has 160 valence electrons. The highest BCUT2D eigenvalue weighted by molar-refractivity contribution is 5.98. The monoisotopic (exact) mass is 436 g/mol. The van der Waals surface area contributed by atoms with Gasteiger partial charge in [-0.25, -0.2) is 0 Å². The van der Waals surface area contributed by atoms with Crippen molar-refractivity contribution in [3.63, 3.8) is 0 Å². The predicted octanol–water partition coefficient (Wildman–Crippen LogP) is 5.31. The Kier molecular flexibility index (Phi) is 5.96. The van der Waals surface area contributed by atoms with Gasteiger partial charge in [0.25, 0.3) is 11.4 Å². The zero-order chi connectivity index (χ0) is 23.4. The third-order valence-electron chi connectivity index (χ3n) is 4.51. The Balaban J connectivity index is 0.000000181. The van der Waals surface area contributed by atoms with Gasteiger partial charge in [-0.05, 0) is 22.9 Å². The molecular formula is C20H12N4O8. The van der Waals surface area contributed by atoms with E-state index in [9.17, 15) is 40.5 Å². The van der Waals surface area contributed by atoms with E-state index in [0.717, 1.165) is 6.07 Å². The van der Waals surface area contributed by atoms with E-state index in [1.54, 1.807) is 30.3 Å². The first kappa shape index (κ1) is 21.7. The molecule has 0 saturated carbocycles. The molecule has 0 N–H and O–H groups in total. The van der Waals surface area contributed by atoms with Crippen molar-refractivity contribution >= 4 is 44.3 Å². The van der Waals surface area contributed by atoms with E-state index in [2.05, 4.69) is 0 Å². The molecule has 0 radical (unpaired) electrons. The van der Waals surface area contributed by atoms with Crippen LogP contribution in [0.3, 0.4) is 0 Å². The number of rotatable bonds is 4. The molecule has 0 fully saturated rings. The van der Waals surface area contributed by atoms with Gasteiger partial charge in [-0.1, -0.05) is 42.5 Å². The fourth-order valence-electron chi connectivity index (χ4n) is 3.19. The fourth-order valence-corrected chi connectivity index (χ4v) is 3.19. The second kappa shape index (κ2) is 8.79. The molecule has 0 aliphatic carbocycles. The molecule has 0 aliphatic heterocycles. The molecule has 0 atom stereocenters. The van der Waals surface area contributed by atoms with Crippen molar-refractivity contribution in [1.82, 2.24) is 0 Å². The number of nitrogens with zero attached hydrogens (tertiary/aromatic N) is 4. The van der Waals surface area contributed by atoms with Crippen LogP contribution in [0.4, 0.5) is 22.7 Å². The highest BCUT2D eigenvalue weighted by Gasteiger charge is 2.26. The first-order valence-corrected chi connectivity index (χ1v) is 8.83. The summed E-state index contributed by atoms with van der Waals surface area (Å²) in [4.78, 5) is 40.4. The van der Waals surface area contributed by atoms with Crippen LogP contribution in [0.15, 0.2) is 72.8 Å². The Hall–Kier alpha value is -5.00. The lowest BCUT2D eigenvalue weighted by Crippen LogP contribution is -1.97. The molecule has 12 heteroatoms. The van der Waals surface area contributed by atoms with Crippen LogP contribution in [0.25, 0.3) is 21.5 Å². The number of hydrogen-bond donors (Lipinski definition) is 0. The Morgan fingerprint density at radius 3 is 1.47 bits per heavy atom. The molecule has 12 nitrogen and oxygen atoms in total. The lowest BCUT2D eigenvalue weighted by molar-refractivity contribution is -0.421. The zero-order valence-corrected chi connectivity index (χ0v) is 16.0. The minimum Gasteiger partial charge on any atom is -0.258 e. The maximum absolute atomic E-state index is 10.8. The van der Waals surface area contributed by atoms with Crippen molar-refractivity contribution in [3.8, 4) is 0 Å². The second-order valence-corrected chi connectivity index (χ2v) is 6.34. The lowest BCUT2D eigenvalue weighted by Gasteiger charge is -1.99. The molecular weight excluding hydrogens is 424 g/mol. The quantitative estimate of drug-likeness (QED) is 0.305. The molecule has 0 spiro atoms. The molecule has 0 heterocycles. The predicted molar refractivity (Wildman–Crippen MR) is 115 cm³/mol. The normalized spacial score (nSPS) is 10.2. The number of hydrogen-bond acceptors (Lipinski definition) is 8. The summed E-state index contributed by atoms with van der Waals surface area (Å²) in [5.74, 6) is 0. The van der Waals surface area contributed by atoms with Gasteiger partial charge < -0.3 is 0 Å². The van der Waals surface area contributed by atoms with Crippen LogP contribution >= 0.6 is 0 Å². The Morgan fingerprint density at radius 2 is 0.969 bits per heavy atom. The maximum Gasteiger partial charge on any atom is 0.353 e. The first-order chi connectivity index (χ1) is 15.2. The molecule has 0 amide bonds. The van der Waals surface area contributed by atoms with Crippen molar-refractivity contribution in [2.24, 2.45) is 0 Å². The average molecular weight is 436 g/mol. The number of non-ortho nitro benzene ring substituents is 2. The van der Waals surface area contributed by atoms with E-state index in [-0.39, 0.29) is 22.1 Å². The van der Waals surface area contributed by atoms with E-state index >= 15 is 0 Å². The summed E-state index contributed by atoms with van der Waals surface area (Å²) in [6, 6.07) is 17.9. The first-order valence-electron chi connectivity index (χ1n) is 8.83. The zero-order valence-electron chi connectivity index (χ0n) is 16.0. The third kappa shape index (κ3) is 4.14. The lowest BCUT2D eigenvalue weighted by atomic mass is 10.1. The molecule has 0 unspecified atom stereocenters. The van der Waals surface area contributed by atoms with Crippen molar-refractivity contribution < 1.29 is 19.7 Å². The van der Waals surface area contributed by atoms with Crippen LogP contribution in [0.2, 0.25) is 0 Å². The van der Waals surface area contributed by atoms with E-state index in [1.165, 1.54) is 36.4 Å². The number of fused-ring (bicyclic) bond motifs is 2. The van der Waals surface area contributed by atoms with Crippen molar-refractivity contribution in [2.75, 3.05) is 0 Å². The number of benzene rings is 4. The summed E-state index contributed by atoms with van der Waals surface area (Å²) < 4.78 is 0. The van der Waals surface area contributed by atoms with Crippen LogP contribution in [0.5, 0.6) is 0 Å². The summed E-state index contributed by atoms with van der Waals surface area (Å²) in [6.07, 6.45) is 0. The molecule has 32 heavy (non-hydrogen) atoms. The van der Waals surface area contributed by atoms with Gasteiger partial charge in [0.15, 0.2) is 0 Å². The average Bonchev–Trinajstić information content (AvgIpc) is 2.77. The molecule has 0 saturated heterocycles. The van der Waals surface area contributed by atoms with E-state index in [1.807, 2.05) is 0 Å². The SMILES string of the molecule is O=[N+]([O-])c1ccc2ccccc2c1[N+](=O)[O-].O=[N+]([O-])c1cccc2cccc([N+](=O)[O-])c12. The van der Waals surface area contributed by atoms with Crippen LogP contribution in [0, 0.1) is 40.5 Å². The highest BCUT2D eigenvalue weighted by atomic mass is 16.6. The molecule has 0 aromatic heterocycles. The fraction of sp³-hybridized carbons (Fsp3) is 0. The van der Waals surface area contributed by atoms with Crippen molar-refractivity contribution in [2.45, 2.75) is 0 Å². The minimum atomic E-state index is -0.745. The van der Waals surface area contributed by atoms with Crippen LogP contribution in [0.1, 0.15) is 0 Å². The minimum absolute atomic E-state index is 0.0694. The van der Waals surface area contributed by atoms with E-state index in [0.29, 0.717) is 10.8 Å². The van der Waals surface area contributed by atoms with Gasteiger partial charge in [0.2, 0.25) is 0 Å². The van der Waals surface area contributed by atoms with Gasteiger partial charge in [0.1, 0.15) is 5.39 Å². The topological polar surface area (TPSA) is 173 Å². The van der Waals surface area contributed by atoms with Crippen molar-refractivity contribution in [1.29, 1.82) is 0 Å². The Labute approximate surface area is 177 Å². The molecule has 4 rings (SSSR count). The number of nitro groups is 4. The summed E-state index contributed by atoms with van der Waals surface area (Å²) in [6.45, 7) is 0. The summed E-state index contributed by atoms with van der Waals surface area (Å²) in [5, 5.41) is 44.5. The van der Waals surface area contributed by atoms with Gasteiger partial charge in [-0.2, -0.15) is 0 Å². The summed E-state index contributed by atoms with van der Waals surface area (Å²) in [5.41, 5.74) is -1.43.